The van der Waals surface area contributed by atoms with Gasteiger partial charge in [0.15, 0.2) is 0 Å². The molecule has 0 aliphatic heterocycles. The second-order valence-electron chi connectivity index (χ2n) is 4.58. The number of carbonyl (C=O) groups is 1. The normalized spacial score (nSPS) is 12.6. The Labute approximate surface area is 130 Å². The van der Waals surface area contributed by atoms with Crippen LogP contribution in [0.3, 0.4) is 0 Å². The number of amides is 1. The van der Waals surface area contributed by atoms with Gasteiger partial charge in [0.05, 0.1) is 5.56 Å². The van der Waals surface area contributed by atoms with Gasteiger partial charge in [-0.15, -0.1) is 0 Å². The lowest BCUT2D eigenvalue weighted by Crippen LogP contribution is -2.37. The van der Waals surface area contributed by atoms with E-state index in [-0.39, 0.29) is 11.9 Å². The van der Waals surface area contributed by atoms with Crippen molar-refractivity contribution in [3.63, 3.8) is 0 Å². The molecule has 0 aliphatic rings. The molecule has 1 atom stereocenters. The van der Waals surface area contributed by atoms with Crippen LogP contribution in [0.4, 0.5) is 0 Å². The SMILES string of the molecule is CC(C)CC(CBr)NC(=O)c1ccc(Cl)cc1Br. The van der Waals surface area contributed by atoms with Crippen molar-refractivity contribution in [3.8, 4) is 0 Å². The molecule has 0 spiro atoms. The minimum Gasteiger partial charge on any atom is -0.348 e. The predicted octanol–water partition coefficient (Wildman–Crippen LogP) is 4.64. The Kier molecular flexibility index (Phi) is 6.67. The minimum absolute atomic E-state index is 0.0800. The van der Waals surface area contributed by atoms with Crippen molar-refractivity contribution in [3.05, 3.63) is 33.3 Å². The zero-order valence-corrected chi connectivity index (χ0v) is 14.3. The highest BCUT2D eigenvalue weighted by Gasteiger charge is 2.16. The lowest BCUT2D eigenvalue weighted by molar-refractivity contribution is 0.0936. The summed E-state index contributed by atoms with van der Waals surface area (Å²) in [5.41, 5.74) is 0.606. The first-order chi connectivity index (χ1) is 8.43. The zero-order chi connectivity index (χ0) is 13.7. The van der Waals surface area contributed by atoms with Crippen molar-refractivity contribution in [2.45, 2.75) is 26.3 Å². The van der Waals surface area contributed by atoms with Gasteiger partial charge < -0.3 is 5.32 Å². The topological polar surface area (TPSA) is 29.1 Å². The molecule has 0 saturated carbocycles. The van der Waals surface area contributed by atoms with Crippen LogP contribution in [0.25, 0.3) is 0 Å². The second kappa shape index (κ2) is 7.51. The molecule has 0 aliphatic carbocycles. The monoisotopic (exact) mass is 395 g/mol. The molecule has 1 rings (SSSR count). The van der Waals surface area contributed by atoms with Gasteiger partial charge in [-0.3, -0.25) is 4.79 Å². The molecular formula is C13H16Br2ClNO. The summed E-state index contributed by atoms with van der Waals surface area (Å²) in [5.74, 6) is 0.463. The van der Waals surface area contributed by atoms with Crippen molar-refractivity contribution in [1.82, 2.24) is 5.32 Å². The molecular weight excluding hydrogens is 381 g/mol. The molecule has 2 nitrogen and oxygen atoms in total. The minimum atomic E-state index is -0.0800. The van der Waals surface area contributed by atoms with E-state index in [1.54, 1.807) is 18.2 Å². The lowest BCUT2D eigenvalue weighted by Gasteiger charge is -2.18. The molecule has 5 heteroatoms. The first-order valence-electron chi connectivity index (χ1n) is 5.76. The van der Waals surface area contributed by atoms with Gasteiger partial charge in [-0.25, -0.2) is 0 Å². The Morgan fingerprint density at radius 1 is 1.44 bits per heavy atom. The Balaban J connectivity index is 2.74. The fourth-order valence-corrected chi connectivity index (χ4v) is 2.96. The molecule has 0 fully saturated rings. The van der Waals surface area contributed by atoms with Gasteiger partial charge >= 0.3 is 0 Å². The fourth-order valence-electron chi connectivity index (χ4n) is 1.67. The molecule has 1 aromatic rings. The van der Waals surface area contributed by atoms with E-state index in [0.717, 1.165) is 11.8 Å². The van der Waals surface area contributed by atoms with Crippen LogP contribution in [-0.4, -0.2) is 17.3 Å². The molecule has 100 valence electrons. The maximum Gasteiger partial charge on any atom is 0.252 e. The van der Waals surface area contributed by atoms with E-state index in [2.05, 4.69) is 51.0 Å². The van der Waals surface area contributed by atoms with E-state index >= 15 is 0 Å². The number of halogens is 3. The van der Waals surface area contributed by atoms with Gasteiger partial charge in [-0.1, -0.05) is 41.4 Å². The van der Waals surface area contributed by atoms with Crippen LogP contribution < -0.4 is 5.32 Å². The molecule has 0 saturated heterocycles. The van der Waals surface area contributed by atoms with Gasteiger partial charge in [0.1, 0.15) is 0 Å². The van der Waals surface area contributed by atoms with E-state index in [1.807, 2.05) is 0 Å². The van der Waals surface area contributed by atoms with Crippen LogP contribution in [-0.2, 0) is 0 Å². The quantitative estimate of drug-likeness (QED) is 0.721. The van der Waals surface area contributed by atoms with Gasteiger partial charge in [-0.2, -0.15) is 0 Å². The van der Waals surface area contributed by atoms with Crippen LogP contribution in [0, 0.1) is 5.92 Å². The summed E-state index contributed by atoms with van der Waals surface area (Å²) >= 11 is 12.6. The molecule has 1 unspecified atom stereocenters. The number of nitrogens with one attached hydrogen (secondary N) is 1. The van der Waals surface area contributed by atoms with E-state index in [9.17, 15) is 4.79 Å². The number of alkyl halides is 1. The van der Waals surface area contributed by atoms with E-state index in [1.165, 1.54) is 0 Å². The van der Waals surface area contributed by atoms with Gasteiger partial charge in [0.25, 0.3) is 5.91 Å². The highest BCUT2D eigenvalue weighted by Crippen LogP contribution is 2.21. The summed E-state index contributed by atoms with van der Waals surface area (Å²) in [4.78, 5) is 12.1. The summed E-state index contributed by atoms with van der Waals surface area (Å²) < 4.78 is 0.713. The average Bonchev–Trinajstić information content (AvgIpc) is 2.27. The smallest absolute Gasteiger partial charge is 0.252 e. The lowest BCUT2D eigenvalue weighted by atomic mass is 10.0. The molecule has 1 amide bonds. The molecule has 1 aromatic carbocycles. The third kappa shape index (κ3) is 4.90. The molecule has 0 radical (unpaired) electrons. The average molecular weight is 398 g/mol. The van der Waals surface area contributed by atoms with Gasteiger partial charge in [-0.05, 0) is 46.5 Å². The molecule has 0 bridgehead atoms. The third-order valence-electron chi connectivity index (χ3n) is 2.45. The first kappa shape index (κ1) is 16.0. The summed E-state index contributed by atoms with van der Waals surface area (Å²) in [7, 11) is 0. The molecule has 18 heavy (non-hydrogen) atoms. The standard InChI is InChI=1S/C13H16Br2ClNO/c1-8(2)5-10(7-14)17-13(18)11-4-3-9(16)6-12(11)15/h3-4,6,8,10H,5,7H2,1-2H3,(H,17,18). The van der Waals surface area contributed by atoms with Crippen molar-refractivity contribution in [1.29, 1.82) is 0 Å². The number of hydrogen-bond acceptors (Lipinski definition) is 1. The summed E-state index contributed by atoms with van der Waals surface area (Å²) in [6.45, 7) is 4.28. The van der Waals surface area contributed by atoms with Crippen molar-refractivity contribution < 1.29 is 4.79 Å². The van der Waals surface area contributed by atoms with Crippen LogP contribution >= 0.6 is 43.5 Å². The van der Waals surface area contributed by atoms with Crippen molar-refractivity contribution in [2.24, 2.45) is 5.92 Å². The van der Waals surface area contributed by atoms with Crippen LogP contribution in [0.15, 0.2) is 22.7 Å². The van der Waals surface area contributed by atoms with E-state index in [0.29, 0.717) is 21.0 Å². The largest absolute Gasteiger partial charge is 0.348 e. The number of carbonyl (C=O) groups excluding carboxylic acids is 1. The summed E-state index contributed by atoms with van der Waals surface area (Å²) in [5, 5.41) is 4.38. The zero-order valence-electron chi connectivity index (χ0n) is 10.3. The summed E-state index contributed by atoms with van der Waals surface area (Å²) in [6.07, 6.45) is 0.947. The Morgan fingerprint density at radius 2 is 2.11 bits per heavy atom. The van der Waals surface area contributed by atoms with Crippen molar-refractivity contribution in [2.75, 3.05) is 5.33 Å². The van der Waals surface area contributed by atoms with Crippen molar-refractivity contribution >= 4 is 49.4 Å². The predicted molar refractivity (Wildman–Crippen MR) is 83.7 cm³/mol. The highest BCUT2D eigenvalue weighted by atomic mass is 79.9. The molecule has 0 aromatic heterocycles. The Morgan fingerprint density at radius 3 is 2.61 bits per heavy atom. The maximum absolute atomic E-state index is 12.1. The van der Waals surface area contributed by atoms with Crippen LogP contribution in [0.1, 0.15) is 30.6 Å². The van der Waals surface area contributed by atoms with E-state index in [4.69, 9.17) is 11.6 Å². The Bertz CT molecular complexity index is 423. The summed E-state index contributed by atoms with van der Waals surface area (Å²) in [6, 6.07) is 5.30. The van der Waals surface area contributed by atoms with Gasteiger partial charge in [0, 0.05) is 20.9 Å². The third-order valence-corrected chi connectivity index (χ3v) is 4.13. The van der Waals surface area contributed by atoms with Gasteiger partial charge in [0.2, 0.25) is 0 Å². The highest BCUT2D eigenvalue weighted by molar-refractivity contribution is 9.10. The Hall–Kier alpha value is -0.0600. The number of hydrogen-bond donors (Lipinski definition) is 1. The van der Waals surface area contributed by atoms with Crippen LogP contribution in [0.5, 0.6) is 0 Å². The first-order valence-corrected chi connectivity index (χ1v) is 8.05. The molecule has 1 N–H and O–H groups in total. The second-order valence-corrected chi connectivity index (χ2v) is 6.52. The number of rotatable bonds is 5. The van der Waals surface area contributed by atoms with Crippen LogP contribution in [0.2, 0.25) is 5.02 Å². The fraction of sp³-hybridized carbons (Fsp3) is 0.462. The molecule has 0 heterocycles. The number of benzene rings is 1. The van der Waals surface area contributed by atoms with E-state index < -0.39 is 0 Å². The maximum atomic E-state index is 12.1.